The molecular weight excluding hydrogens is 287 g/mol. The van der Waals surface area contributed by atoms with E-state index >= 15 is 0 Å². The number of hydrogen-bond acceptors (Lipinski definition) is 4. The van der Waals surface area contributed by atoms with Crippen molar-refractivity contribution < 1.29 is 18.3 Å². The topological polar surface area (TPSA) is 64.4 Å². The van der Waals surface area contributed by atoms with Crippen LogP contribution in [0.5, 0.6) is 0 Å². The Morgan fingerprint density at radius 1 is 1.41 bits per heavy atom. The van der Waals surface area contributed by atoms with Crippen LogP contribution in [0.3, 0.4) is 0 Å². The zero-order valence-corrected chi connectivity index (χ0v) is 12.5. The molecule has 0 aliphatic rings. The van der Waals surface area contributed by atoms with Crippen molar-refractivity contribution in [3.05, 3.63) is 42.2 Å². The maximum absolute atomic E-state index is 13.6. The van der Waals surface area contributed by atoms with E-state index in [0.29, 0.717) is 36.8 Å². The molecule has 0 atom stereocenters. The summed E-state index contributed by atoms with van der Waals surface area (Å²) < 4.78 is 24.0. The van der Waals surface area contributed by atoms with E-state index in [1.54, 1.807) is 25.3 Å². The molecule has 1 aromatic heterocycles. The van der Waals surface area contributed by atoms with E-state index in [9.17, 15) is 9.18 Å². The highest BCUT2D eigenvalue weighted by atomic mass is 19.1. The number of nitrogens with zero attached hydrogens (tertiary/aromatic N) is 1. The highest BCUT2D eigenvalue weighted by Crippen LogP contribution is 2.23. The lowest BCUT2D eigenvalue weighted by molar-refractivity contribution is -0.121. The van der Waals surface area contributed by atoms with Crippen LogP contribution in [-0.4, -0.2) is 31.2 Å². The first-order valence-electron chi connectivity index (χ1n) is 7.16. The van der Waals surface area contributed by atoms with Gasteiger partial charge in [-0.05, 0) is 18.6 Å². The Bertz CT molecular complexity index is 613. The number of hydrogen-bond donors (Lipinski definition) is 1. The summed E-state index contributed by atoms with van der Waals surface area (Å²) in [6, 6.07) is 6.34. The Hall–Kier alpha value is -2.21. The second-order valence-corrected chi connectivity index (χ2v) is 4.79. The highest BCUT2D eigenvalue weighted by Gasteiger charge is 2.11. The standard InChI is InChI=1S/C16H19FN2O3/c1-21-10-4-9-18-15(20)7-8-16-19-11-14(22-16)12-5-2-3-6-13(12)17/h2-3,5-6,11H,4,7-10H2,1H3,(H,18,20). The van der Waals surface area contributed by atoms with Gasteiger partial charge in [0.25, 0.3) is 0 Å². The van der Waals surface area contributed by atoms with E-state index in [0.717, 1.165) is 6.42 Å². The number of nitrogens with one attached hydrogen (secondary N) is 1. The lowest BCUT2D eigenvalue weighted by Gasteiger charge is -2.03. The van der Waals surface area contributed by atoms with Gasteiger partial charge >= 0.3 is 0 Å². The lowest BCUT2D eigenvalue weighted by atomic mass is 10.2. The first kappa shape index (κ1) is 16.2. The summed E-state index contributed by atoms with van der Waals surface area (Å²) in [7, 11) is 1.62. The van der Waals surface area contributed by atoms with Crippen molar-refractivity contribution in [2.75, 3.05) is 20.3 Å². The average molecular weight is 306 g/mol. The van der Waals surface area contributed by atoms with Gasteiger partial charge in [0, 0.05) is 33.1 Å². The van der Waals surface area contributed by atoms with Crippen LogP contribution in [0, 0.1) is 5.82 Å². The van der Waals surface area contributed by atoms with Gasteiger partial charge in [-0.15, -0.1) is 0 Å². The molecule has 0 bridgehead atoms. The molecule has 0 aliphatic carbocycles. The number of oxazole rings is 1. The van der Waals surface area contributed by atoms with Gasteiger partial charge in [0.05, 0.1) is 11.8 Å². The van der Waals surface area contributed by atoms with Crippen LogP contribution >= 0.6 is 0 Å². The molecule has 118 valence electrons. The van der Waals surface area contributed by atoms with Gasteiger partial charge < -0.3 is 14.5 Å². The molecule has 0 aliphatic heterocycles. The molecule has 0 radical (unpaired) electrons. The van der Waals surface area contributed by atoms with Gasteiger partial charge in [-0.2, -0.15) is 0 Å². The van der Waals surface area contributed by atoms with Crippen molar-refractivity contribution in [3.63, 3.8) is 0 Å². The number of aryl methyl sites for hydroxylation is 1. The van der Waals surface area contributed by atoms with E-state index in [-0.39, 0.29) is 18.1 Å². The largest absolute Gasteiger partial charge is 0.441 e. The minimum atomic E-state index is -0.360. The van der Waals surface area contributed by atoms with Crippen molar-refractivity contribution in [1.82, 2.24) is 10.3 Å². The van der Waals surface area contributed by atoms with Gasteiger partial charge in [-0.25, -0.2) is 9.37 Å². The Kier molecular flexibility index (Phi) is 6.09. The van der Waals surface area contributed by atoms with Crippen molar-refractivity contribution in [2.24, 2.45) is 0 Å². The SMILES string of the molecule is COCCCNC(=O)CCc1ncc(-c2ccccc2F)o1. The second-order valence-electron chi connectivity index (χ2n) is 4.79. The Morgan fingerprint density at radius 3 is 3.00 bits per heavy atom. The summed E-state index contributed by atoms with van der Waals surface area (Å²) in [6.07, 6.45) is 2.91. The summed E-state index contributed by atoms with van der Waals surface area (Å²) in [5.74, 6) is 0.363. The van der Waals surface area contributed by atoms with Gasteiger partial charge in [0.2, 0.25) is 5.91 Å². The molecule has 0 saturated heterocycles. The zero-order chi connectivity index (χ0) is 15.8. The third-order valence-electron chi connectivity index (χ3n) is 3.11. The van der Waals surface area contributed by atoms with E-state index in [2.05, 4.69) is 10.3 Å². The number of rotatable bonds is 8. The first-order chi connectivity index (χ1) is 10.7. The number of carbonyl (C=O) groups is 1. The quantitative estimate of drug-likeness (QED) is 0.761. The summed E-state index contributed by atoms with van der Waals surface area (Å²) >= 11 is 0. The van der Waals surface area contributed by atoms with E-state index in [1.807, 2.05) is 0 Å². The molecule has 2 rings (SSSR count). The predicted molar refractivity (Wildman–Crippen MR) is 79.7 cm³/mol. The fraction of sp³-hybridized carbons (Fsp3) is 0.375. The fourth-order valence-corrected chi connectivity index (χ4v) is 1.96. The van der Waals surface area contributed by atoms with E-state index in [4.69, 9.17) is 9.15 Å². The van der Waals surface area contributed by atoms with Gasteiger partial charge in [-0.1, -0.05) is 12.1 Å². The van der Waals surface area contributed by atoms with Crippen LogP contribution in [-0.2, 0) is 16.0 Å². The molecule has 1 aromatic carbocycles. The van der Waals surface area contributed by atoms with E-state index in [1.165, 1.54) is 12.3 Å². The molecule has 6 heteroatoms. The number of benzene rings is 1. The van der Waals surface area contributed by atoms with Crippen molar-refractivity contribution >= 4 is 5.91 Å². The number of ether oxygens (including phenoxy) is 1. The third-order valence-corrected chi connectivity index (χ3v) is 3.11. The number of aromatic nitrogens is 1. The Balaban J connectivity index is 1.83. The monoisotopic (exact) mass is 306 g/mol. The molecule has 2 aromatic rings. The highest BCUT2D eigenvalue weighted by molar-refractivity contribution is 5.76. The summed E-state index contributed by atoms with van der Waals surface area (Å²) in [6.45, 7) is 1.20. The van der Waals surface area contributed by atoms with Gasteiger partial charge in [-0.3, -0.25) is 4.79 Å². The van der Waals surface area contributed by atoms with Crippen LogP contribution in [0.15, 0.2) is 34.9 Å². The predicted octanol–water partition coefficient (Wildman–Crippen LogP) is 2.57. The molecule has 0 spiro atoms. The second kappa shape index (κ2) is 8.29. The van der Waals surface area contributed by atoms with E-state index < -0.39 is 0 Å². The number of halogens is 1. The molecule has 22 heavy (non-hydrogen) atoms. The Morgan fingerprint density at radius 2 is 2.23 bits per heavy atom. The van der Waals surface area contributed by atoms with Crippen molar-refractivity contribution in [1.29, 1.82) is 0 Å². The van der Waals surface area contributed by atoms with Crippen LogP contribution in [0.25, 0.3) is 11.3 Å². The number of carbonyl (C=O) groups excluding carboxylic acids is 1. The van der Waals surface area contributed by atoms with Gasteiger partial charge in [0.15, 0.2) is 11.7 Å². The molecule has 1 N–H and O–H groups in total. The minimum Gasteiger partial charge on any atom is -0.441 e. The molecule has 0 fully saturated rings. The zero-order valence-electron chi connectivity index (χ0n) is 12.5. The third kappa shape index (κ3) is 4.66. The maximum Gasteiger partial charge on any atom is 0.220 e. The number of amides is 1. The Labute approximate surface area is 128 Å². The van der Waals surface area contributed by atoms with Gasteiger partial charge in [0.1, 0.15) is 5.82 Å². The van der Waals surface area contributed by atoms with Crippen molar-refractivity contribution in [3.8, 4) is 11.3 Å². The van der Waals surface area contributed by atoms with Crippen LogP contribution in [0.1, 0.15) is 18.7 Å². The summed E-state index contributed by atoms with van der Waals surface area (Å²) in [4.78, 5) is 15.7. The number of methoxy groups -OCH3 is 1. The average Bonchev–Trinajstić information content (AvgIpc) is 2.99. The fourth-order valence-electron chi connectivity index (χ4n) is 1.96. The molecule has 0 saturated carbocycles. The molecular formula is C16H19FN2O3. The maximum atomic E-state index is 13.6. The lowest BCUT2D eigenvalue weighted by Crippen LogP contribution is -2.25. The smallest absolute Gasteiger partial charge is 0.220 e. The molecule has 0 unspecified atom stereocenters. The van der Waals surface area contributed by atoms with Crippen LogP contribution in [0.4, 0.5) is 4.39 Å². The normalized spacial score (nSPS) is 10.6. The summed E-state index contributed by atoms with van der Waals surface area (Å²) in [5.41, 5.74) is 0.366. The molecule has 1 amide bonds. The summed E-state index contributed by atoms with van der Waals surface area (Å²) in [5, 5.41) is 2.79. The van der Waals surface area contributed by atoms with Crippen LogP contribution in [0.2, 0.25) is 0 Å². The van der Waals surface area contributed by atoms with Crippen LogP contribution < -0.4 is 5.32 Å². The first-order valence-corrected chi connectivity index (χ1v) is 7.16. The minimum absolute atomic E-state index is 0.0678. The van der Waals surface area contributed by atoms with Crippen molar-refractivity contribution in [2.45, 2.75) is 19.3 Å². The molecule has 5 nitrogen and oxygen atoms in total. The molecule has 1 heterocycles.